The normalized spacial score (nSPS) is 11.6. The molecule has 0 bridgehead atoms. The molecule has 0 aliphatic carbocycles. The number of benzene rings is 1. The summed E-state index contributed by atoms with van der Waals surface area (Å²) in [4.78, 5) is 12.1. The Morgan fingerprint density at radius 2 is 1.71 bits per heavy atom. The topological polar surface area (TPSA) is 68.6 Å². The van der Waals surface area contributed by atoms with Gasteiger partial charge in [-0.3, -0.25) is 4.79 Å². The minimum absolute atomic E-state index is 0.116. The fourth-order valence-electron chi connectivity index (χ4n) is 2.33. The van der Waals surface area contributed by atoms with Gasteiger partial charge in [-0.2, -0.15) is 4.31 Å². The molecular formula is C17H22N2O4S. The summed E-state index contributed by atoms with van der Waals surface area (Å²) in [5.74, 6) is 0.706. The molecule has 0 unspecified atom stereocenters. The van der Waals surface area contributed by atoms with Crippen LogP contribution in [-0.4, -0.2) is 37.0 Å². The molecule has 24 heavy (non-hydrogen) atoms. The SMILES string of the molecule is CCN(CC)S(=O)(=O)c1ccc(=O)n(CCOc2ccccc2)c1. The zero-order chi connectivity index (χ0) is 17.6. The Kier molecular flexibility index (Phi) is 6.16. The van der Waals surface area contributed by atoms with Crippen molar-refractivity contribution >= 4 is 10.0 Å². The highest BCUT2D eigenvalue weighted by Gasteiger charge is 2.22. The van der Waals surface area contributed by atoms with Crippen LogP contribution in [0.5, 0.6) is 5.75 Å². The van der Waals surface area contributed by atoms with Gasteiger partial charge in [-0.1, -0.05) is 32.0 Å². The smallest absolute Gasteiger partial charge is 0.250 e. The predicted molar refractivity (Wildman–Crippen MR) is 92.7 cm³/mol. The monoisotopic (exact) mass is 350 g/mol. The van der Waals surface area contributed by atoms with Crippen LogP contribution in [0.15, 0.2) is 58.4 Å². The Balaban J connectivity index is 2.15. The summed E-state index contributed by atoms with van der Waals surface area (Å²) in [7, 11) is -3.58. The summed E-state index contributed by atoms with van der Waals surface area (Å²) in [6.45, 7) is 4.88. The predicted octanol–water partition coefficient (Wildman–Crippen LogP) is 1.96. The van der Waals surface area contributed by atoms with Gasteiger partial charge in [0.2, 0.25) is 10.0 Å². The Hall–Kier alpha value is -2.12. The van der Waals surface area contributed by atoms with Crippen molar-refractivity contribution in [3.63, 3.8) is 0 Å². The Bertz CT molecular complexity index is 812. The molecule has 0 saturated heterocycles. The number of ether oxygens (including phenoxy) is 1. The lowest BCUT2D eigenvalue weighted by Crippen LogP contribution is -2.32. The molecule has 0 saturated carbocycles. The number of hydrogen-bond donors (Lipinski definition) is 0. The third-order valence-corrected chi connectivity index (χ3v) is 5.68. The summed E-state index contributed by atoms with van der Waals surface area (Å²) in [5, 5.41) is 0. The number of aromatic nitrogens is 1. The van der Waals surface area contributed by atoms with E-state index in [4.69, 9.17) is 4.74 Å². The minimum Gasteiger partial charge on any atom is -0.492 e. The summed E-state index contributed by atoms with van der Waals surface area (Å²) >= 11 is 0. The van der Waals surface area contributed by atoms with E-state index < -0.39 is 10.0 Å². The van der Waals surface area contributed by atoms with Crippen LogP contribution in [0.2, 0.25) is 0 Å². The van der Waals surface area contributed by atoms with Crippen molar-refractivity contribution in [2.24, 2.45) is 0 Å². The second kappa shape index (κ2) is 8.12. The molecule has 7 heteroatoms. The molecule has 0 radical (unpaired) electrons. The highest BCUT2D eigenvalue weighted by Crippen LogP contribution is 2.14. The maximum absolute atomic E-state index is 12.5. The average molecular weight is 350 g/mol. The maximum atomic E-state index is 12.5. The molecule has 130 valence electrons. The van der Waals surface area contributed by atoms with E-state index in [2.05, 4.69) is 0 Å². The van der Waals surface area contributed by atoms with Crippen molar-refractivity contribution in [1.29, 1.82) is 0 Å². The van der Waals surface area contributed by atoms with E-state index in [9.17, 15) is 13.2 Å². The molecule has 1 aromatic heterocycles. The number of rotatable bonds is 8. The van der Waals surface area contributed by atoms with Crippen LogP contribution in [0.4, 0.5) is 0 Å². The molecule has 0 aliphatic rings. The van der Waals surface area contributed by atoms with Gasteiger partial charge in [0.05, 0.1) is 11.4 Å². The molecule has 2 aromatic rings. The first kappa shape index (κ1) is 18.2. The first-order chi connectivity index (χ1) is 11.5. The third-order valence-electron chi connectivity index (χ3n) is 3.64. The van der Waals surface area contributed by atoms with E-state index in [0.29, 0.717) is 18.8 Å². The van der Waals surface area contributed by atoms with Gasteiger partial charge in [-0.15, -0.1) is 0 Å². The van der Waals surface area contributed by atoms with E-state index in [1.165, 1.54) is 27.2 Å². The fourth-order valence-corrected chi connectivity index (χ4v) is 3.81. The molecule has 0 N–H and O–H groups in total. The van der Waals surface area contributed by atoms with Crippen molar-refractivity contribution < 1.29 is 13.2 Å². The molecule has 1 heterocycles. The van der Waals surface area contributed by atoms with Crippen LogP contribution in [-0.2, 0) is 16.6 Å². The van der Waals surface area contributed by atoms with Gasteiger partial charge in [0.25, 0.3) is 5.56 Å². The minimum atomic E-state index is -3.58. The zero-order valence-electron chi connectivity index (χ0n) is 13.9. The van der Waals surface area contributed by atoms with Gasteiger partial charge in [0, 0.05) is 25.4 Å². The summed E-state index contributed by atoms with van der Waals surface area (Å²) in [5.41, 5.74) is -0.259. The number of sulfonamides is 1. The third kappa shape index (κ3) is 4.24. The summed E-state index contributed by atoms with van der Waals surface area (Å²) < 4.78 is 33.3. The highest BCUT2D eigenvalue weighted by molar-refractivity contribution is 7.89. The van der Waals surface area contributed by atoms with Crippen LogP contribution in [0.25, 0.3) is 0 Å². The standard InChI is InChI=1S/C17H22N2O4S/c1-3-19(4-2)24(21,22)16-10-11-17(20)18(14-16)12-13-23-15-8-6-5-7-9-15/h5-11,14H,3-4,12-13H2,1-2H3. The van der Waals surface area contributed by atoms with Gasteiger partial charge in [-0.25, -0.2) is 8.42 Å². The van der Waals surface area contributed by atoms with Gasteiger partial charge in [-0.05, 0) is 18.2 Å². The lowest BCUT2D eigenvalue weighted by molar-refractivity contribution is 0.295. The fraction of sp³-hybridized carbons (Fsp3) is 0.353. The molecule has 0 spiro atoms. The molecule has 6 nitrogen and oxygen atoms in total. The van der Waals surface area contributed by atoms with E-state index in [1.54, 1.807) is 13.8 Å². The van der Waals surface area contributed by atoms with Crippen LogP contribution >= 0.6 is 0 Å². The highest BCUT2D eigenvalue weighted by atomic mass is 32.2. The summed E-state index contributed by atoms with van der Waals surface area (Å²) in [6.07, 6.45) is 1.38. The first-order valence-corrected chi connectivity index (χ1v) is 9.31. The zero-order valence-corrected chi connectivity index (χ0v) is 14.7. The number of para-hydroxylation sites is 1. The molecule has 0 fully saturated rings. The van der Waals surface area contributed by atoms with Gasteiger partial charge >= 0.3 is 0 Å². The Labute approximate surface area is 142 Å². The number of pyridine rings is 1. The lowest BCUT2D eigenvalue weighted by atomic mass is 10.3. The Morgan fingerprint density at radius 3 is 2.33 bits per heavy atom. The van der Waals surface area contributed by atoms with Gasteiger partial charge < -0.3 is 9.30 Å². The second-order valence-electron chi connectivity index (χ2n) is 5.15. The first-order valence-electron chi connectivity index (χ1n) is 7.87. The van der Waals surface area contributed by atoms with E-state index in [-0.39, 0.29) is 23.6 Å². The van der Waals surface area contributed by atoms with Crippen molar-refractivity contribution in [2.75, 3.05) is 19.7 Å². The largest absolute Gasteiger partial charge is 0.492 e. The van der Waals surface area contributed by atoms with Gasteiger partial charge in [0.15, 0.2) is 0 Å². The van der Waals surface area contributed by atoms with Crippen LogP contribution in [0.3, 0.4) is 0 Å². The van der Waals surface area contributed by atoms with Crippen LogP contribution < -0.4 is 10.3 Å². The maximum Gasteiger partial charge on any atom is 0.250 e. The van der Waals surface area contributed by atoms with Crippen LogP contribution in [0.1, 0.15) is 13.8 Å². The Morgan fingerprint density at radius 1 is 1.04 bits per heavy atom. The van der Waals surface area contributed by atoms with E-state index in [0.717, 1.165) is 0 Å². The van der Waals surface area contributed by atoms with Crippen molar-refractivity contribution in [3.05, 3.63) is 59.0 Å². The molecule has 0 aliphatic heterocycles. The number of hydrogen-bond acceptors (Lipinski definition) is 4. The van der Waals surface area contributed by atoms with Crippen molar-refractivity contribution in [3.8, 4) is 5.75 Å². The molecule has 0 atom stereocenters. The molecule has 1 aromatic carbocycles. The van der Waals surface area contributed by atoms with Crippen molar-refractivity contribution in [2.45, 2.75) is 25.3 Å². The average Bonchev–Trinajstić information content (AvgIpc) is 2.58. The van der Waals surface area contributed by atoms with E-state index in [1.807, 2.05) is 30.3 Å². The second-order valence-corrected chi connectivity index (χ2v) is 7.09. The van der Waals surface area contributed by atoms with Crippen LogP contribution in [0, 0.1) is 0 Å². The molecular weight excluding hydrogens is 328 g/mol. The summed E-state index contributed by atoms with van der Waals surface area (Å²) in [6, 6.07) is 11.9. The molecule has 0 amide bonds. The molecule has 2 rings (SSSR count). The van der Waals surface area contributed by atoms with Crippen molar-refractivity contribution in [1.82, 2.24) is 8.87 Å². The lowest BCUT2D eigenvalue weighted by Gasteiger charge is -2.19. The van der Waals surface area contributed by atoms with E-state index >= 15 is 0 Å². The quantitative estimate of drug-likeness (QED) is 0.730. The van der Waals surface area contributed by atoms with Gasteiger partial charge in [0.1, 0.15) is 12.4 Å². The number of nitrogens with zero attached hydrogens (tertiary/aromatic N) is 2.